The Morgan fingerprint density at radius 2 is 2.15 bits per heavy atom. The van der Waals surface area contributed by atoms with E-state index in [0.717, 1.165) is 24.8 Å². The maximum Gasteiger partial charge on any atom is 0.237 e. The van der Waals surface area contributed by atoms with Gasteiger partial charge in [-0.1, -0.05) is 12.1 Å². The van der Waals surface area contributed by atoms with Crippen molar-refractivity contribution in [1.29, 1.82) is 0 Å². The molecule has 1 aromatic rings. The van der Waals surface area contributed by atoms with Crippen LogP contribution in [-0.4, -0.2) is 35.3 Å². The summed E-state index contributed by atoms with van der Waals surface area (Å²) in [6.45, 7) is 0. The number of hydrogen-bond donors (Lipinski definition) is 3. The van der Waals surface area contributed by atoms with Crippen molar-refractivity contribution in [3.8, 4) is 5.75 Å². The van der Waals surface area contributed by atoms with Crippen LogP contribution < -0.4 is 11.1 Å². The van der Waals surface area contributed by atoms with Gasteiger partial charge in [0, 0.05) is 0 Å². The van der Waals surface area contributed by atoms with Crippen LogP contribution in [0, 0.1) is 0 Å². The monoisotopic (exact) mass is 276 g/mol. The number of carbonyl (C=O) groups excluding carboxylic acids is 1. The number of hydrogen-bond acceptors (Lipinski definition) is 4. The lowest BCUT2D eigenvalue weighted by Gasteiger charge is -2.22. The van der Waals surface area contributed by atoms with Crippen molar-refractivity contribution in [3.05, 3.63) is 29.8 Å². The molecule has 20 heavy (non-hydrogen) atoms. The highest BCUT2D eigenvalue weighted by atomic mass is 16.5. The van der Waals surface area contributed by atoms with Crippen molar-refractivity contribution in [2.45, 2.75) is 50.0 Å². The fourth-order valence-corrected chi connectivity index (χ4v) is 3.06. The molecule has 2 heterocycles. The zero-order chi connectivity index (χ0) is 14.1. The largest absolute Gasteiger partial charge is 0.508 e. The number of phenols is 1. The molecule has 2 fully saturated rings. The van der Waals surface area contributed by atoms with Crippen molar-refractivity contribution >= 4 is 5.91 Å². The number of aromatic hydroxyl groups is 1. The lowest BCUT2D eigenvalue weighted by atomic mass is 9.95. The van der Waals surface area contributed by atoms with E-state index >= 15 is 0 Å². The predicted molar refractivity (Wildman–Crippen MR) is 74.2 cm³/mol. The maximum atomic E-state index is 12.1. The summed E-state index contributed by atoms with van der Waals surface area (Å²) in [5, 5.41) is 12.2. The zero-order valence-electron chi connectivity index (χ0n) is 11.3. The van der Waals surface area contributed by atoms with Gasteiger partial charge in [-0.15, -0.1) is 0 Å². The maximum absolute atomic E-state index is 12.1. The molecular formula is C15H20N2O3. The van der Waals surface area contributed by atoms with Gasteiger partial charge in [0.05, 0.1) is 24.3 Å². The predicted octanol–water partition coefficient (Wildman–Crippen LogP) is 0.698. The lowest BCUT2D eigenvalue weighted by Crippen LogP contribution is -2.49. The van der Waals surface area contributed by atoms with Crippen LogP contribution in [-0.2, 0) is 16.0 Å². The Morgan fingerprint density at radius 1 is 1.40 bits per heavy atom. The number of phenolic OH excluding ortho intramolecular Hbond substituents is 1. The van der Waals surface area contributed by atoms with Crippen molar-refractivity contribution in [2.75, 3.05) is 0 Å². The van der Waals surface area contributed by atoms with Crippen molar-refractivity contribution in [1.82, 2.24) is 5.32 Å². The van der Waals surface area contributed by atoms with E-state index in [9.17, 15) is 9.90 Å². The van der Waals surface area contributed by atoms with Gasteiger partial charge in [-0.05, 0) is 43.4 Å². The van der Waals surface area contributed by atoms with E-state index in [1.54, 1.807) is 24.3 Å². The van der Waals surface area contributed by atoms with Crippen LogP contribution in [0.4, 0.5) is 0 Å². The van der Waals surface area contributed by atoms with Gasteiger partial charge in [-0.2, -0.15) is 0 Å². The van der Waals surface area contributed by atoms with E-state index in [1.165, 1.54) is 0 Å². The highest BCUT2D eigenvalue weighted by molar-refractivity contribution is 5.82. The van der Waals surface area contributed by atoms with Crippen LogP contribution in [0.25, 0.3) is 0 Å². The molecule has 2 aliphatic heterocycles. The first kappa shape index (κ1) is 13.4. The molecule has 0 radical (unpaired) electrons. The summed E-state index contributed by atoms with van der Waals surface area (Å²) in [7, 11) is 0. The normalized spacial score (nSPS) is 29.4. The van der Waals surface area contributed by atoms with Crippen LogP contribution in [0.3, 0.4) is 0 Å². The molecule has 5 heteroatoms. The Bertz CT molecular complexity index is 488. The molecule has 4 N–H and O–H groups in total. The highest BCUT2D eigenvalue weighted by Crippen LogP contribution is 2.34. The molecule has 1 amide bonds. The topological polar surface area (TPSA) is 84.6 Å². The molecule has 2 aliphatic rings. The van der Waals surface area contributed by atoms with Gasteiger partial charge in [0.1, 0.15) is 5.75 Å². The molecule has 108 valence electrons. The molecule has 5 nitrogen and oxygen atoms in total. The molecule has 1 aromatic carbocycles. The van der Waals surface area contributed by atoms with Crippen LogP contribution in [0.1, 0.15) is 24.8 Å². The Kier molecular flexibility index (Phi) is 3.63. The number of amides is 1. The molecule has 2 bridgehead atoms. The zero-order valence-corrected chi connectivity index (χ0v) is 11.3. The average molecular weight is 276 g/mol. The summed E-state index contributed by atoms with van der Waals surface area (Å²) in [5.74, 6) is 0.0881. The SMILES string of the molecule is N[C@@H](Cc1ccc(O)cc1)C(=O)NC1CC2CCC1O2. The second kappa shape index (κ2) is 5.42. The van der Waals surface area contributed by atoms with Crippen molar-refractivity contribution in [3.63, 3.8) is 0 Å². The summed E-state index contributed by atoms with van der Waals surface area (Å²) < 4.78 is 5.71. The first-order chi connectivity index (χ1) is 9.61. The molecule has 2 saturated heterocycles. The number of rotatable bonds is 4. The van der Waals surface area contributed by atoms with Crippen LogP contribution in [0.15, 0.2) is 24.3 Å². The third kappa shape index (κ3) is 2.78. The standard InChI is InChI=1S/C15H20N2O3/c16-12(7-9-1-3-10(18)4-2-9)15(19)17-13-8-11-5-6-14(13)20-11/h1-4,11-14,18H,5-8,16H2,(H,17,19)/t11?,12-,13?,14?/m0/s1. The number of nitrogens with two attached hydrogens (primary N) is 1. The third-order valence-corrected chi connectivity index (χ3v) is 4.16. The minimum atomic E-state index is -0.571. The Hall–Kier alpha value is -1.59. The third-order valence-electron chi connectivity index (χ3n) is 4.16. The van der Waals surface area contributed by atoms with Gasteiger partial charge >= 0.3 is 0 Å². The summed E-state index contributed by atoms with van der Waals surface area (Å²) in [5.41, 5.74) is 6.89. The minimum Gasteiger partial charge on any atom is -0.508 e. The first-order valence-corrected chi connectivity index (χ1v) is 7.11. The summed E-state index contributed by atoms with van der Waals surface area (Å²) in [6, 6.07) is 6.31. The van der Waals surface area contributed by atoms with Crippen molar-refractivity contribution in [2.24, 2.45) is 5.73 Å². The van der Waals surface area contributed by atoms with E-state index in [-0.39, 0.29) is 23.8 Å². The molecule has 0 aromatic heterocycles. The minimum absolute atomic E-state index is 0.118. The van der Waals surface area contributed by atoms with E-state index in [2.05, 4.69) is 5.32 Å². The second-order valence-electron chi connectivity index (χ2n) is 5.70. The van der Waals surface area contributed by atoms with Crippen LogP contribution in [0.2, 0.25) is 0 Å². The van der Waals surface area contributed by atoms with E-state index in [0.29, 0.717) is 12.5 Å². The van der Waals surface area contributed by atoms with E-state index in [1.807, 2.05) is 0 Å². The van der Waals surface area contributed by atoms with Gasteiger partial charge in [-0.25, -0.2) is 0 Å². The molecular weight excluding hydrogens is 256 g/mol. The Morgan fingerprint density at radius 3 is 2.75 bits per heavy atom. The quantitative estimate of drug-likeness (QED) is 0.755. The average Bonchev–Trinajstić information content (AvgIpc) is 3.03. The van der Waals surface area contributed by atoms with E-state index in [4.69, 9.17) is 10.5 Å². The van der Waals surface area contributed by atoms with Gasteiger partial charge in [0.15, 0.2) is 0 Å². The lowest BCUT2D eigenvalue weighted by molar-refractivity contribution is -0.123. The van der Waals surface area contributed by atoms with Gasteiger partial charge < -0.3 is 20.9 Å². The molecule has 3 unspecified atom stereocenters. The molecule has 0 aliphatic carbocycles. The van der Waals surface area contributed by atoms with Gasteiger partial charge in [0.2, 0.25) is 5.91 Å². The molecule has 4 atom stereocenters. The van der Waals surface area contributed by atoms with E-state index < -0.39 is 6.04 Å². The van der Waals surface area contributed by atoms with Crippen LogP contribution in [0.5, 0.6) is 5.75 Å². The fourth-order valence-electron chi connectivity index (χ4n) is 3.06. The fraction of sp³-hybridized carbons (Fsp3) is 0.533. The first-order valence-electron chi connectivity index (χ1n) is 7.11. The number of benzene rings is 1. The summed E-state index contributed by atoms with van der Waals surface area (Å²) >= 11 is 0. The number of nitrogens with one attached hydrogen (secondary N) is 1. The van der Waals surface area contributed by atoms with Gasteiger partial charge in [-0.3, -0.25) is 4.79 Å². The molecule has 3 rings (SSSR count). The number of fused-ring (bicyclic) bond motifs is 2. The molecule has 0 saturated carbocycles. The number of ether oxygens (including phenoxy) is 1. The summed E-state index contributed by atoms with van der Waals surface area (Å²) in [4.78, 5) is 12.1. The molecule has 0 spiro atoms. The highest BCUT2D eigenvalue weighted by Gasteiger charge is 2.41. The Labute approximate surface area is 118 Å². The Balaban J connectivity index is 1.53. The van der Waals surface area contributed by atoms with Gasteiger partial charge in [0.25, 0.3) is 0 Å². The summed E-state index contributed by atoms with van der Waals surface area (Å²) in [6.07, 6.45) is 4.00. The number of carbonyl (C=O) groups is 1. The van der Waals surface area contributed by atoms with Crippen LogP contribution >= 0.6 is 0 Å². The second-order valence-corrected chi connectivity index (χ2v) is 5.70. The van der Waals surface area contributed by atoms with Crippen molar-refractivity contribution < 1.29 is 14.6 Å². The smallest absolute Gasteiger partial charge is 0.237 e.